The van der Waals surface area contributed by atoms with E-state index in [4.69, 9.17) is 9.40 Å². The van der Waals surface area contributed by atoms with E-state index in [2.05, 4.69) is 0 Å². The van der Waals surface area contributed by atoms with E-state index in [1.807, 2.05) is 6.07 Å². The van der Waals surface area contributed by atoms with E-state index in [1.54, 1.807) is 28.2 Å². The number of hydrogen-bond donors (Lipinski definition) is 0. The number of furan rings is 1. The first-order valence-corrected chi connectivity index (χ1v) is 11.4. The van der Waals surface area contributed by atoms with Gasteiger partial charge in [0.25, 0.3) is 5.56 Å². The predicted octanol–water partition coefficient (Wildman–Crippen LogP) is 4.70. The zero-order valence-electron chi connectivity index (χ0n) is 15.9. The molecule has 0 saturated heterocycles. The van der Waals surface area contributed by atoms with Crippen LogP contribution in [0.25, 0.3) is 10.2 Å². The molecule has 1 aromatic carbocycles. The fraction of sp³-hybridized carbons (Fsp3) is 0.227. The Hall–Kier alpha value is -2.71. The van der Waals surface area contributed by atoms with Gasteiger partial charge in [0, 0.05) is 10.4 Å². The first-order chi connectivity index (χ1) is 14.6. The molecule has 5 nitrogen and oxygen atoms in total. The summed E-state index contributed by atoms with van der Waals surface area (Å²) in [5.74, 6) is 0.223. The molecule has 1 aliphatic rings. The molecule has 0 N–H and O–H groups in total. The number of Topliss-reactive ketones (excluding diaryl/α,β-unsaturated/α-hetero) is 1. The van der Waals surface area contributed by atoms with Crippen LogP contribution in [-0.4, -0.2) is 21.1 Å². The summed E-state index contributed by atoms with van der Waals surface area (Å²) in [6.07, 6.45) is 4.53. The second-order valence-corrected chi connectivity index (χ2v) is 9.15. The van der Waals surface area contributed by atoms with E-state index in [-0.39, 0.29) is 29.5 Å². The van der Waals surface area contributed by atoms with Gasteiger partial charge < -0.3 is 4.42 Å². The monoisotopic (exact) mass is 440 g/mol. The van der Waals surface area contributed by atoms with E-state index in [9.17, 15) is 14.0 Å². The summed E-state index contributed by atoms with van der Waals surface area (Å²) in [7, 11) is 0. The van der Waals surface area contributed by atoms with Gasteiger partial charge in [-0.25, -0.2) is 9.37 Å². The molecule has 0 radical (unpaired) electrons. The molecule has 5 rings (SSSR count). The van der Waals surface area contributed by atoms with Gasteiger partial charge in [-0.05, 0) is 61.2 Å². The normalized spacial score (nSPS) is 13.1. The van der Waals surface area contributed by atoms with Crippen molar-refractivity contribution >= 4 is 39.1 Å². The van der Waals surface area contributed by atoms with Crippen molar-refractivity contribution in [1.29, 1.82) is 0 Å². The van der Waals surface area contributed by atoms with E-state index in [0.29, 0.717) is 21.9 Å². The number of thiophene rings is 1. The molecule has 4 aromatic rings. The topological polar surface area (TPSA) is 65.1 Å². The van der Waals surface area contributed by atoms with Crippen LogP contribution in [0, 0.1) is 5.82 Å². The molecule has 30 heavy (non-hydrogen) atoms. The highest BCUT2D eigenvalue weighted by atomic mass is 32.2. The molecule has 0 bridgehead atoms. The Balaban J connectivity index is 1.52. The zero-order valence-corrected chi connectivity index (χ0v) is 17.5. The summed E-state index contributed by atoms with van der Waals surface area (Å²) in [6.45, 7) is 0.256. The number of aromatic nitrogens is 2. The lowest BCUT2D eigenvalue weighted by Crippen LogP contribution is -2.24. The maximum Gasteiger partial charge on any atom is 0.263 e. The van der Waals surface area contributed by atoms with Gasteiger partial charge in [-0.2, -0.15) is 0 Å². The quantitative estimate of drug-likeness (QED) is 0.247. The second kappa shape index (κ2) is 7.85. The summed E-state index contributed by atoms with van der Waals surface area (Å²) in [5.41, 5.74) is 1.46. The second-order valence-electron chi connectivity index (χ2n) is 7.12. The Morgan fingerprint density at radius 3 is 2.83 bits per heavy atom. The highest BCUT2D eigenvalue weighted by Gasteiger charge is 2.24. The first-order valence-electron chi connectivity index (χ1n) is 9.59. The number of aryl methyl sites for hydroxylation is 2. The molecule has 0 amide bonds. The molecule has 0 atom stereocenters. The smallest absolute Gasteiger partial charge is 0.263 e. The standard InChI is InChI=1S/C22H17FN2O3S2/c23-14-8-6-13(7-9-14)17(26)12-29-22-24-20-19(16-4-1-5-18(16)30-20)21(27)25(22)11-15-3-2-10-28-15/h2-3,6-10H,1,4-5,11-12H2. The van der Waals surface area contributed by atoms with Crippen molar-refractivity contribution in [2.75, 3.05) is 5.75 Å². The Morgan fingerprint density at radius 2 is 2.07 bits per heavy atom. The minimum Gasteiger partial charge on any atom is -0.467 e. The number of fused-ring (bicyclic) bond motifs is 3. The third-order valence-corrected chi connectivity index (χ3v) is 7.34. The number of benzene rings is 1. The van der Waals surface area contributed by atoms with Crippen molar-refractivity contribution in [3.63, 3.8) is 0 Å². The number of hydrogen-bond acceptors (Lipinski definition) is 6. The summed E-state index contributed by atoms with van der Waals surface area (Å²) >= 11 is 2.80. The van der Waals surface area contributed by atoms with Crippen LogP contribution in [-0.2, 0) is 19.4 Å². The Kier molecular flexibility index (Phi) is 5.04. The maximum atomic E-state index is 13.4. The molecule has 3 aromatic heterocycles. The van der Waals surface area contributed by atoms with E-state index < -0.39 is 0 Å². The Bertz CT molecular complexity index is 1290. The SMILES string of the molecule is O=C(CSc1nc2sc3c(c2c(=O)n1Cc1ccco1)CCC3)c1ccc(F)cc1. The largest absolute Gasteiger partial charge is 0.467 e. The Labute approximate surface area is 179 Å². The molecule has 152 valence electrons. The lowest BCUT2D eigenvalue weighted by Gasteiger charge is -2.11. The minimum atomic E-state index is -0.385. The molecule has 3 heterocycles. The number of carbonyl (C=O) groups excluding carboxylic acids is 1. The third-order valence-electron chi connectivity index (χ3n) is 5.18. The molecule has 0 spiro atoms. The average molecular weight is 441 g/mol. The van der Waals surface area contributed by atoms with Gasteiger partial charge in [-0.3, -0.25) is 14.2 Å². The molecule has 8 heteroatoms. The summed E-state index contributed by atoms with van der Waals surface area (Å²) in [4.78, 5) is 32.7. The van der Waals surface area contributed by atoms with Crippen molar-refractivity contribution < 1.29 is 13.6 Å². The Morgan fingerprint density at radius 1 is 1.23 bits per heavy atom. The van der Waals surface area contributed by atoms with Crippen LogP contribution in [0.2, 0.25) is 0 Å². The molecular weight excluding hydrogens is 423 g/mol. The van der Waals surface area contributed by atoms with Crippen LogP contribution in [0.5, 0.6) is 0 Å². The fourth-order valence-corrected chi connectivity index (χ4v) is 5.91. The highest BCUT2D eigenvalue weighted by molar-refractivity contribution is 7.99. The van der Waals surface area contributed by atoms with Gasteiger partial charge in [-0.15, -0.1) is 11.3 Å². The number of halogens is 1. The maximum absolute atomic E-state index is 13.4. The van der Waals surface area contributed by atoms with Crippen LogP contribution in [0.3, 0.4) is 0 Å². The van der Waals surface area contributed by atoms with Crippen molar-refractivity contribution in [2.24, 2.45) is 0 Å². The lowest BCUT2D eigenvalue weighted by atomic mass is 10.1. The zero-order chi connectivity index (χ0) is 20.7. The summed E-state index contributed by atoms with van der Waals surface area (Å²) in [5, 5.41) is 1.19. The minimum absolute atomic E-state index is 0.0902. The van der Waals surface area contributed by atoms with Crippen molar-refractivity contribution in [2.45, 2.75) is 31.0 Å². The van der Waals surface area contributed by atoms with Crippen LogP contribution < -0.4 is 5.56 Å². The third kappa shape index (κ3) is 3.50. The molecule has 1 aliphatic carbocycles. The molecule has 0 saturated carbocycles. The van der Waals surface area contributed by atoms with Crippen molar-refractivity contribution in [1.82, 2.24) is 9.55 Å². The fourth-order valence-electron chi connectivity index (χ4n) is 3.72. The van der Waals surface area contributed by atoms with Gasteiger partial charge in [0.15, 0.2) is 10.9 Å². The van der Waals surface area contributed by atoms with Crippen LogP contribution in [0.1, 0.15) is 33.0 Å². The van der Waals surface area contributed by atoms with Crippen molar-refractivity contribution in [3.8, 4) is 0 Å². The van der Waals surface area contributed by atoms with Gasteiger partial charge in [0.2, 0.25) is 0 Å². The summed E-state index contributed by atoms with van der Waals surface area (Å²) in [6, 6.07) is 9.06. The predicted molar refractivity (Wildman–Crippen MR) is 115 cm³/mol. The van der Waals surface area contributed by atoms with Crippen LogP contribution in [0.15, 0.2) is 57.0 Å². The van der Waals surface area contributed by atoms with Gasteiger partial charge in [-0.1, -0.05) is 11.8 Å². The number of thioether (sulfide) groups is 1. The van der Waals surface area contributed by atoms with Crippen LogP contribution in [0.4, 0.5) is 4.39 Å². The van der Waals surface area contributed by atoms with E-state index in [1.165, 1.54) is 40.9 Å². The molecule has 0 fully saturated rings. The number of carbonyl (C=O) groups is 1. The lowest BCUT2D eigenvalue weighted by molar-refractivity contribution is 0.102. The number of ketones is 1. The van der Waals surface area contributed by atoms with Crippen molar-refractivity contribution in [3.05, 3.63) is 80.6 Å². The van der Waals surface area contributed by atoms with E-state index >= 15 is 0 Å². The van der Waals surface area contributed by atoms with Gasteiger partial charge >= 0.3 is 0 Å². The highest BCUT2D eigenvalue weighted by Crippen LogP contribution is 2.35. The first kappa shape index (κ1) is 19.3. The molecular formula is C22H17FN2O3S2. The number of rotatable bonds is 6. The van der Waals surface area contributed by atoms with E-state index in [0.717, 1.165) is 29.7 Å². The van der Waals surface area contributed by atoms with Gasteiger partial charge in [0.05, 0.1) is 23.9 Å². The summed E-state index contributed by atoms with van der Waals surface area (Å²) < 4.78 is 20.2. The molecule has 0 aliphatic heterocycles. The molecule has 0 unspecified atom stereocenters. The van der Waals surface area contributed by atoms with Crippen LogP contribution >= 0.6 is 23.1 Å². The van der Waals surface area contributed by atoms with Gasteiger partial charge in [0.1, 0.15) is 16.4 Å². The number of nitrogens with zero attached hydrogens (tertiary/aromatic N) is 2. The average Bonchev–Trinajstić information content (AvgIpc) is 3.46.